The first-order chi connectivity index (χ1) is 9.85. The Balaban J connectivity index is 2.50. The number of para-hydroxylation sites is 1. The van der Waals surface area contributed by atoms with Gasteiger partial charge in [0, 0.05) is 5.56 Å². The number of sulfonamides is 1. The molecule has 2 aromatic carbocycles. The van der Waals surface area contributed by atoms with Gasteiger partial charge in [-0.3, -0.25) is 4.72 Å². The molecule has 0 fully saturated rings. The van der Waals surface area contributed by atoms with Gasteiger partial charge in [-0.15, -0.1) is 0 Å². The van der Waals surface area contributed by atoms with Crippen LogP contribution < -0.4 is 4.72 Å². The van der Waals surface area contributed by atoms with Gasteiger partial charge < -0.3 is 5.11 Å². The molecule has 0 aromatic heterocycles. The lowest BCUT2D eigenvalue weighted by Crippen LogP contribution is -2.15. The lowest BCUT2D eigenvalue weighted by molar-refractivity contribution is 0.281. The van der Waals surface area contributed by atoms with Gasteiger partial charge in [0.1, 0.15) is 5.82 Å². The molecule has 2 aromatic rings. The van der Waals surface area contributed by atoms with Gasteiger partial charge in [0.25, 0.3) is 10.0 Å². The molecule has 0 bridgehead atoms. The zero-order valence-electron chi connectivity index (χ0n) is 11.1. The van der Waals surface area contributed by atoms with Crippen molar-refractivity contribution in [3.8, 4) is 0 Å². The first-order valence-electron chi connectivity index (χ1n) is 6.02. The van der Waals surface area contributed by atoms with Crippen LogP contribution in [0.25, 0.3) is 0 Å². The molecule has 0 aliphatic rings. The highest BCUT2D eigenvalue weighted by Gasteiger charge is 2.21. The number of rotatable bonds is 4. The quantitative estimate of drug-likeness (QED) is 0.906. The Morgan fingerprint density at radius 1 is 1.29 bits per heavy atom. The average Bonchev–Trinajstić information content (AvgIpc) is 2.43. The fraction of sp³-hybridized carbons (Fsp3) is 0.143. The zero-order chi connectivity index (χ0) is 15.6. The van der Waals surface area contributed by atoms with Crippen molar-refractivity contribution in [1.82, 2.24) is 0 Å². The van der Waals surface area contributed by atoms with Gasteiger partial charge in [0.05, 0.1) is 22.2 Å². The van der Waals surface area contributed by atoms with Crippen molar-refractivity contribution in [1.29, 1.82) is 0 Å². The molecular formula is C14H13ClFNO3S. The molecule has 0 heterocycles. The van der Waals surface area contributed by atoms with E-state index < -0.39 is 22.4 Å². The number of hydrogen-bond donors (Lipinski definition) is 2. The number of hydrogen-bond acceptors (Lipinski definition) is 3. The molecule has 2 N–H and O–H groups in total. The van der Waals surface area contributed by atoms with Crippen LogP contribution in [0.5, 0.6) is 0 Å². The molecule has 0 saturated heterocycles. The summed E-state index contributed by atoms with van der Waals surface area (Å²) in [6.07, 6.45) is 0. The summed E-state index contributed by atoms with van der Waals surface area (Å²) in [7, 11) is -4.01. The van der Waals surface area contributed by atoms with Crippen LogP contribution in [-0.2, 0) is 16.6 Å². The highest BCUT2D eigenvalue weighted by atomic mass is 35.5. The summed E-state index contributed by atoms with van der Waals surface area (Å²) < 4.78 is 40.8. The lowest BCUT2D eigenvalue weighted by Gasteiger charge is -2.13. The third-order valence-electron chi connectivity index (χ3n) is 2.95. The number of anilines is 1. The molecule has 0 amide bonds. The van der Waals surface area contributed by atoms with E-state index in [2.05, 4.69) is 4.72 Å². The minimum atomic E-state index is -4.01. The van der Waals surface area contributed by atoms with Crippen molar-refractivity contribution in [2.45, 2.75) is 18.4 Å². The minimum absolute atomic E-state index is 0.0215. The van der Waals surface area contributed by atoms with Gasteiger partial charge in [-0.05, 0) is 36.8 Å². The van der Waals surface area contributed by atoms with Gasteiger partial charge in [-0.2, -0.15) is 0 Å². The predicted molar refractivity (Wildman–Crippen MR) is 79.3 cm³/mol. The van der Waals surface area contributed by atoms with Gasteiger partial charge in [-0.25, -0.2) is 12.8 Å². The Morgan fingerprint density at radius 2 is 1.95 bits per heavy atom. The molecule has 7 heteroatoms. The van der Waals surface area contributed by atoms with Crippen LogP contribution in [0.4, 0.5) is 10.1 Å². The number of aliphatic hydroxyl groups excluding tert-OH is 1. The maximum Gasteiger partial charge on any atom is 0.262 e. The highest BCUT2D eigenvalue weighted by Crippen LogP contribution is 2.26. The molecule has 0 aliphatic carbocycles. The van der Waals surface area contributed by atoms with E-state index in [0.29, 0.717) is 0 Å². The molecule has 0 unspecified atom stereocenters. The molecule has 112 valence electrons. The summed E-state index contributed by atoms with van der Waals surface area (Å²) in [5.74, 6) is -0.693. The van der Waals surface area contributed by atoms with E-state index in [1.54, 1.807) is 12.1 Å². The second-order valence-corrected chi connectivity index (χ2v) is 6.50. The second-order valence-electron chi connectivity index (χ2n) is 4.44. The molecule has 0 saturated carbocycles. The van der Waals surface area contributed by atoms with Crippen LogP contribution in [0.15, 0.2) is 41.3 Å². The van der Waals surface area contributed by atoms with Crippen LogP contribution in [0, 0.1) is 12.7 Å². The zero-order valence-corrected chi connectivity index (χ0v) is 12.7. The standard InChI is InChI=1S/C14H13ClFNO3S/c1-9-12(16)6-10(8-18)7-14(9)21(19,20)17-13-5-3-2-4-11(13)15/h2-7,17-18H,8H2,1H3. The van der Waals surface area contributed by atoms with E-state index >= 15 is 0 Å². The Morgan fingerprint density at radius 3 is 2.57 bits per heavy atom. The average molecular weight is 330 g/mol. The summed E-state index contributed by atoms with van der Waals surface area (Å²) in [5, 5.41) is 9.31. The molecule has 4 nitrogen and oxygen atoms in total. The van der Waals surface area contributed by atoms with Crippen LogP contribution >= 0.6 is 11.6 Å². The summed E-state index contributed by atoms with van der Waals surface area (Å²) in [6, 6.07) is 8.67. The van der Waals surface area contributed by atoms with Gasteiger partial charge in [0.15, 0.2) is 0 Å². The fourth-order valence-corrected chi connectivity index (χ4v) is 3.44. The van der Waals surface area contributed by atoms with Crippen molar-refractivity contribution >= 4 is 27.3 Å². The maximum atomic E-state index is 13.7. The Bertz CT molecular complexity index is 778. The maximum absolute atomic E-state index is 13.7. The van der Waals surface area contributed by atoms with Crippen molar-refractivity contribution in [2.24, 2.45) is 0 Å². The van der Waals surface area contributed by atoms with E-state index in [1.165, 1.54) is 25.1 Å². The second kappa shape index (κ2) is 6.01. The summed E-state index contributed by atoms with van der Waals surface area (Å²) in [6.45, 7) is 0.906. The number of benzene rings is 2. The summed E-state index contributed by atoms with van der Waals surface area (Å²) in [5.41, 5.74) is 0.359. The van der Waals surface area contributed by atoms with Crippen molar-refractivity contribution < 1.29 is 17.9 Å². The first-order valence-corrected chi connectivity index (χ1v) is 7.88. The topological polar surface area (TPSA) is 66.4 Å². The lowest BCUT2D eigenvalue weighted by atomic mass is 10.1. The van der Waals surface area contributed by atoms with E-state index in [0.717, 1.165) is 6.07 Å². The monoisotopic (exact) mass is 329 g/mol. The van der Waals surface area contributed by atoms with Crippen LogP contribution in [-0.4, -0.2) is 13.5 Å². The largest absolute Gasteiger partial charge is 0.392 e. The Kier molecular flexibility index (Phi) is 4.51. The minimum Gasteiger partial charge on any atom is -0.392 e. The molecule has 0 atom stereocenters. The number of nitrogens with one attached hydrogen (secondary N) is 1. The SMILES string of the molecule is Cc1c(F)cc(CO)cc1S(=O)(=O)Nc1ccccc1Cl. The molecular weight excluding hydrogens is 317 g/mol. The van der Waals surface area contributed by atoms with Crippen LogP contribution in [0.3, 0.4) is 0 Å². The Hall–Kier alpha value is -1.63. The van der Waals surface area contributed by atoms with E-state index in [9.17, 15) is 12.8 Å². The third-order valence-corrected chi connectivity index (χ3v) is 4.77. The van der Waals surface area contributed by atoms with Crippen LogP contribution in [0.2, 0.25) is 5.02 Å². The third kappa shape index (κ3) is 3.34. The number of halogens is 2. The molecule has 21 heavy (non-hydrogen) atoms. The molecule has 0 spiro atoms. The predicted octanol–water partition coefficient (Wildman–Crippen LogP) is 3.08. The van der Waals surface area contributed by atoms with E-state index in [-0.39, 0.29) is 26.7 Å². The summed E-state index contributed by atoms with van der Waals surface area (Å²) >= 11 is 5.91. The molecule has 2 rings (SSSR count). The van der Waals surface area contributed by atoms with Gasteiger partial charge in [0.2, 0.25) is 0 Å². The first kappa shape index (κ1) is 15.8. The smallest absolute Gasteiger partial charge is 0.262 e. The van der Waals surface area contributed by atoms with Crippen molar-refractivity contribution in [3.63, 3.8) is 0 Å². The van der Waals surface area contributed by atoms with Crippen molar-refractivity contribution in [3.05, 3.63) is 58.4 Å². The molecule has 0 aliphatic heterocycles. The number of aliphatic hydroxyl groups is 1. The van der Waals surface area contributed by atoms with E-state index in [4.69, 9.17) is 16.7 Å². The Labute approximate surface area is 127 Å². The van der Waals surface area contributed by atoms with Gasteiger partial charge in [-0.1, -0.05) is 23.7 Å². The normalized spacial score (nSPS) is 11.4. The van der Waals surface area contributed by atoms with E-state index in [1.807, 2.05) is 0 Å². The fourth-order valence-electron chi connectivity index (χ4n) is 1.82. The van der Waals surface area contributed by atoms with Crippen LogP contribution in [0.1, 0.15) is 11.1 Å². The van der Waals surface area contributed by atoms with Crippen molar-refractivity contribution in [2.75, 3.05) is 4.72 Å². The van der Waals surface area contributed by atoms with Gasteiger partial charge >= 0.3 is 0 Å². The molecule has 0 radical (unpaired) electrons. The highest BCUT2D eigenvalue weighted by molar-refractivity contribution is 7.92. The summed E-state index contributed by atoms with van der Waals surface area (Å²) in [4.78, 5) is -0.230.